The Labute approximate surface area is 134 Å². The topological polar surface area (TPSA) is 75.7 Å². The van der Waals surface area contributed by atoms with Crippen molar-refractivity contribution in [3.8, 4) is 17.1 Å². The van der Waals surface area contributed by atoms with E-state index in [0.717, 1.165) is 42.0 Å². The highest BCUT2D eigenvalue weighted by Crippen LogP contribution is 2.22. The van der Waals surface area contributed by atoms with Crippen LogP contribution in [0.25, 0.3) is 22.4 Å². The molecular formula is C17H19N5O. The van der Waals surface area contributed by atoms with Crippen LogP contribution in [0, 0.1) is 5.92 Å². The number of aromatic amines is 1. The molecule has 0 bridgehead atoms. The van der Waals surface area contributed by atoms with Crippen LogP contribution in [-0.4, -0.2) is 39.9 Å². The van der Waals surface area contributed by atoms with E-state index in [1.807, 2.05) is 24.3 Å². The summed E-state index contributed by atoms with van der Waals surface area (Å²) in [5, 5.41) is 11.1. The molecule has 0 amide bonds. The molecule has 1 fully saturated rings. The smallest absolute Gasteiger partial charge is 0.161 e. The van der Waals surface area contributed by atoms with Crippen LogP contribution in [0.1, 0.15) is 12.8 Å². The Morgan fingerprint density at radius 3 is 2.74 bits per heavy atom. The molecule has 1 aliphatic heterocycles. The number of nitrogens with one attached hydrogen (secondary N) is 2. The van der Waals surface area contributed by atoms with E-state index >= 15 is 0 Å². The standard InChI is InChI=1S/C17H19N5O/c1-3-15(23-11-12-5-7-18-8-6-12)4-2-13(1)16-19-9-14-10-20-22-17(14)21-16/h1-4,9-10,12,18H,5-8,11H2,(H,19,20,21,22). The van der Waals surface area contributed by atoms with E-state index in [9.17, 15) is 0 Å². The number of piperidine rings is 1. The summed E-state index contributed by atoms with van der Waals surface area (Å²) in [5.74, 6) is 2.24. The molecule has 6 heteroatoms. The van der Waals surface area contributed by atoms with E-state index in [2.05, 4.69) is 25.5 Å². The monoisotopic (exact) mass is 309 g/mol. The quantitative estimate of drug-likeness (QED) is 0.774. The zero-order valence-corrected chi connectivity index (χ0v) is 12.8. The van der Waals surface area contributed by atoms with Crippen LogP contribution < -0.4 is 10.1 Å². The third-order valence-electron chi connectivity index (χ3n) is 4.25. The second kappa shape index (κ2) is 6.34. The van der Waals surface area contributed by atoms with Crippen LogP contribution in [-0.2, 0) is 0 Å². The summed E-state index contributed by atoms with van der Waals surface area (Å²) in [4.78, 5) is 8.86. The number of rotatable bonds is 4. The van der Waals surface area contributed by atoms with Crippen molar-refractivity contribution in [2.45, 2.75) is 12.8 Å². The van der Waals surface area contributed by atoms with Gasteiger partial charge in [-0.3, -0.25) is 5.10 Å². The number of hydrogen-bond acceptors (Lipinski definition) is 5. The van der Waals surface area contributed by atoms with E-state index in [-0.39, 0.29) is 0 Å². The first-order valence-electron chi connectivity index (χ1n) is 7.98. The molecule has 1 saturated heterocycles. The van der Waals surface area contributed by atoms with Crippen LogP contribution in [0.15, 0.2) is 36.7 Å². The highest BCUT2D eigenvalue weighted by molar-refractivity contribution is 5.75. The molecule has 2 aromatic heterocycles. The molecule has 1 aliphatic rings. The number of hydrogen-bond donors (Lipinski definition) is 2. The number of benzene rings is 1. The normalized spacial score (nSPS) is 15.8. The number of fused-ring (bicyclic) bond motifs is 1. The zero-order valence-electron chi connectivity index (χ0n) is 12.8. The Bertz CT molecular complexity index is 777. The van der Waals surface area contributed by atoms with Gasteiger partial charge in [-0.2, -0.15) is 5.10 Å². The van der Waals surface area contributed by atoms with Gasteiger partial charge < -0.3 is 10.1 Å². The average Bonchev–Trinajstić information content (AvgIpc) is 3.09. The Kier molecular flexibility index (Phi) is 3.90. The van der Waals surface area contributed by atoms with Crippen LogP contribution >= 0.6 is 0 Å². The van der Waals surface area contributed by atoms with Gasteiger partial charge in [0, 0.05) is 11.8 Å². The van der Waals surface area contributed by atoms with Crippen molar-refractivity contribution in [3.63, 3.8) is 0 Å². The molecular weight excluding hydrogens is 290 g/mol. The molecule has 23 heavy (non-hydrogen) atoms. The summed E-state index contributed by atoms with van der Waals surface area (Å²) in [6.07, 6.45) is 5.88. The first-order valence-corrected chi connectivity index (χ1v) is 7.98. The van der Waals surface area contributed by atoms with Gasteiger partial charge in [0.2, 0.25) is 0 Å². The van der Waals surface area contributed by atoms with E-state index in [0.29, 0.717) is 11.7 Å². The summed E-state index contributed by atoms with van der Waals surface area (Å²) in [5.41, 5.74) is 1.72. The van der Waals surface area contributed by atoms with Gasteiger partial charge in [0.1, 0.15) is 5.75 Å². The summed E-state index contributed by atoms with van der Waals surface area (Å²) in [6, 6.07) is 7.96. The maximum atomic E-state index is 5.91. The molecule has 0 saturated carbocycles. The SMILES string of the molecule is c1cc(-c2ncc3cn[nH]c3n2)ccc1OCC1CCNCC1. The molecule has 0 unspecified atom stereocenters. The molecule has 0 atom stereocenters. The Balaban J connectivity index is 1.44. The van der Waals surface area contributed by atoms with Gasteiger partial charge in [-0.1, -0.05) is 0 Å². The van der Waals surface area contributed by atoms with Gasteiger partial charge in [0.25, 0.3) is 0 Å². The summed E-state index contributed by atoms with van der Waals surface area (Å²) >= 11 is 0. The molecule has 0 spiro atoms. The molecule has 118 valence electrons. The predicted molar refractivity (Wildman–Crippen MR) is 88.2 cm³/mol. The van der Waals surface area contributed by atoms with E-state index in [1.165, 1.54) is 12.8 Å². The number of H-pyrrole nitrogens is 1. The maximum absolute atomic E-state index is 5.91. The summed E-state index contributed by atoms with van der Waals surface area (Å²) < 4.78 is 5.91. The number of aromatic nitrogens is 4. The van der Waals surface area contributed by atoms with Gasteiger partial charge in [0.15, 0.2) is 11.5 Å². The van der Waals surface area contributed by atoms with Gasteiger partial charge in [0.05, 0.1) is 18.2 Å². The summed E-state index contributed by atoms with van der Waals surface area (Å²) in [7, 11) is 0. The first-order chi connectivity index (χ1) is 11.4. The van der Waals surface area contributed by atoms with Crippen molar-refractivity contribution < 1.29 is 4.74 Å². The van der Waals surface area contributed by atoms with Crippen LogP contribution in [0.5, 0.6) is 5.75 Å². The second-order valence-electron chi connectivity index (χ2n) is 5.90. The van der Waals surface area contributed by atoms with Gasteiger partial charge in [-0.05, 0) is 56.1 Å². The fraction of sp³-hybridized carbons (Fsp3) is 0.353. The van der Waals surface area contributed by atoms with Crippen molar-refractivity contribution in [2.75, 3.05) is 19.7 Å². The van der Waals surface area contributed by atoms with Crippen molar-refractivity contribution in [2.24, 2.45) is 5.92 Å². The van der Waals surface area contributed by atoms with Gasteiger partial charge >= 0.3 is 0 Å². The first kappa shape index (κ1) is 14.1. The second-order valence-corrected chi connectivity index (χ2v) is 5.90. The van der Waals surface area contributed by atoms with Gasteiger partial charge in [-0.25, -0.2) is 9.97 Å². The van der Waals surface area contributed by atoms with Crippen molar-refractivity contribution in [3.05, 3.63) is 36.7 Å². The molecule has 3 heterocycles. The molecule has 1 aromatic carbocycles. The molecule has 2 N–H and O–H groups in total. The highest BCUT2D eigenvalue weighted by atomic mass is 16.5. The largest absolute Gasteiger partial charge is 0.493 e. The molecule has 3 aromatic rings. The van der Waals surface area contributed by atoms with E-state index < -0.39 is 0 Å². The Morgan fingerprint density at radius 1 is 1.09 bits per heavy atom. The zero-order chi connectivity index (χ0) is 15.5. The lowest BCUT2D eigenvalue weighted by molar-refractivity contribution is 0.215. The Hall–Kier alpha value is -2.47. The highest BCUT2D eigenvalue weighted by Gasteiger charge is 2.13. The lowest BCUT2D eigenvalue weighted by atomic mass is 9.99. The van der Waals surface area contributed by atoms with Gasteiger partial charge in [-0.15, -0.1) is 0 Å². The minimum atomic E-state index is 0.655. The third kappa shape index (κ3) is 3.17. The van der Waals surface area contributed by atoms with E-state index in [1.54, 1.807) is 12.4 Å². The lowest BCUT2D eigenvalue weighted by Crippen LogP contribution is -2.30. The van der Waals surface area contributed by atoms with Crippen LogP contribution in [0.4, 0.5) is 0 Å². The van der Waals surface area contributed by atoms with Crippen molar-refractivity contribution in [1.29, 1.82) is 0 Å². The lowest BCUT2D eigenvalue weighted by Gasteiger charge is -2.22. The number of nitrogens with zero attached hydrogens (tertiary/aromatic N) is 3. The maximum Gasteiger partial charge on any atom is 0.161 e. The van der Waals surface area contributed by atoms with Crippen molar-refractivity contribution in [1.82, 2.24) is 25.5 Å². The summed E-state index contributed by atoms with van der Waals surface area (Å²) in [6.45, 7) is 2.98. The van der Waals surface area contributed by atoms with Crippen LogP contribution in [0.3, 0.4) is 0 Å². The Morgan fingerprint density at radius 2 is 1.91 bits per heavy atom. The molecule has 0 aliphatic carbocycles. The van der Waals surface area contributed by atoms with E-state index in [4.69, 9.17) is 4.74 Å². The predicted octanol–water partition coefficient (Wildman–Crippen LogP) is 2.40. The van der Waals surface area contributed by atoms with Crippen LogP contribution in [0.2, 0.25) is 0 Å². The van der Waals surface area contributed by atoms with Crippen molar-refractivity contribution >= 4 is 11.0 Å². The fourth-order valence-corrected chi connectivity index (χ4v) is 2.84. The molecule has 4 rings (SSSR count). The minimum Gasteiger partial charge on any atom is -0.493 e. The fourth-order valence-electron chi connectivity index (χ4n) is 2.84. The molecule has 0 radical (unpaired) electrons. The minimum absolute atomic E-state index is 0.655. The number of ether oxygens (including phenoxy) is 1. The third-order valence-corrected chi connectivity index (χ3v) is 4.25. The molecule has 6 nitrogen and oxygen atoms in total. The average molecular weight is 309 g/mol.